The topological polar surface area (TPSA) is 79.6 Å². The summed E-state index contributed by atoms with van der Waals surface area (Å²) in [5.74, 6) is 0.144. The van der Waals surface area contributed by atoms with Crippen LogP contribution in [0.15, 0.2) is 52.9 Å². The Morgan fingerprint density at radius 2 is 1.77 bits per heavy atom. The predicted molar refractivity (Wildman–Crippen MR) is 123 cm³/mol. The Hall–Kier alpha value is -2.64. The second-order valence-electron chi connectivity index (χ2n) is 8.59. The van der Waals surface area contributed by atoms with Crippen LogP contribution in [0.4, 0.5) is 5.69 Å². The number of sulfone groups is 1. The second kappa shape index (κ2) is 8.85. The monoisotopic (exact) mass is 440 g/mol. The summed E-state index contributed by atoms with van der Waals surface area (Å²) in [5.41, 5.74) is 2.74. The number of likely N-dealkylation sites (tertiary alicyclic amines) is 1. The lowest BCUT2D eigenvalue weighted by molar-refractivity contribution is 0.0998. The van der Waals surface area contributed by atoms with E-state index in [4.69, 9.17) is 4.42 Å². The maximum Gasteiger partial charge on any atom is 0.291 e. The Kier molecular flexibility index (Phi) is 6.16. The molecule has 1 aromatic heterocycles. The molecular formula is C24H28N2O4S. The number of nitrogens with zero attached hydrogens (tertiary/aromatic N) is 1. The number of anilines is 1. The summed E-state index contributed by atoms with van der Waals surface area (Å²) < 4.78 is 29.6. The molecule has 0 atom stereocenters. The molecular weight excluding hydrogens is 412 g/mol. The molecule has 0 radical (unpaired) electrons. The molecule has 1 aliphatic rings. The van der Waals surface area contributed by atoms with Gasteiger partial charge in [-0.15, -0.1) is 0 Å². The molecule has 3 aromatic rings. The molecule has 1 amide bonds. The van der Waals surface area contributed by atoms with Gasteiger partial charge in [-0.05, 0) is 55.6 Å². The maximum atomic E-state index is 12.9. The van der Waals surface area contributed by atoms with E-state index in [2.05, 4.69) is 17.1 Å². The van der Waals surface area contributed by atoms with Crippen molar-refractivity contribution in [3.05, 3.63) is 65.4 Å². The number of carbonyl (C=O) groups excluding carboxylic acids is 1. The predicted octanol–water partition coefficient (Wildman–Crippen LogP) is 4.46. The minimum atomic E-state index is -3.34. The molecule has 0 spiro atoms. The van der Waals surface area contributed by atoms with Gasteiger partial charge in [0.05, 0.1) is 5.75 Å². The van der Waals surface area contributed by atoms with Crippen molar-refractivity contribution in [3.63, 3.8) is 0 Å². The standard InChI is InChI=1S/C24H28N2O4S/c1-17-11-13-26(14-12-17)15-18-7-9-19(10-8-18)25-24(27)23-21(16-31(2,28)29)20-5-3-4-6-22(20)30-23/h3-10,17H,11-16H2,1-2H3,(H,25,27). The molecule has 4 rings (SSSR count). The molecule has 1 fully saturated rings. The third-order valence-electron chi connectivity index (χ3n) is 5.81. The number of nitrogens with one attached hydrogen (secondary N) is 1. The SMILES string of the molecule is CC1CCN(Cc2ccc(NC(=O)c3oc4ccccc4c3CS(C)(=O)=O)cc2)CC1. The van der Waals surface area contributed by atoms with Crippen molar-refractivity contribution < 1.29 is 17.6 Å². The molecule has 6 nitrogen and oxygen atoms in total. The maximum absolute atomic E-state index is 12.9. The number of hydrogen-bond donors (Lipinski definition) is 1. The number of furan rings is 1. The van der Waals surface area contributed by atoms with Crippen molar-refractivity contribution in [1.29, 1.82) is 0 Å². The largest absolute Gasteiger partial charge is 0.451 e. The zero-order chi connectivity index (χ0) is 22.0. The van der Waals surface area contributed by atoms with Gasteiger partial charge >= 0.3 is 0 Å². The van der Waals surface area contributed by atoms with E-state index in [1.807, 2.05) is 24.3 Å². The number of carbonyl (C=O) groups is 1. The van der Waals surface area contributed by atoms with Gasteiger partial charge in [-0.25, -0.2) is 8.42 Å². The van der Waals surface area contributed by atoms with Gasteiger partial charge in [0.1, 0.15) is 5.58 Å². The van der Waals surface area contributed by atoms with Crippen LogP contribution >= 0.6 is 0 Å². The normalized spacial score (nSPS) is 15.9. The highest BCUT2D eigenvalue weighted by Crippen LogP contribution is 2.28. The minimum Gasteiger partial charge on any atom is -0.451 e. The highest BCUT2D eigenvalue weighted by atomic mass is 32.2. The van der Waals surface area contributed by atoms with Crippen LogP contribution in [0.1, 0.15) is 41.4 Å². The average Bonchev–Trinajstić information content (AvgIpc) is 3.08. The van der Waals surface area contributed by atoms with Gasteiger partial charge in [-0.2, -0.15) is 0 Å². The number of rotatable bonds is 6. The first-order valence-corrected chi connectivity index (χ1v) is 12.7. The first-order chi connectivity index (χ1) is 14.8. The highest BCUT2D eigenvalue weighted by molar-refractivity contribution is 7.89. The van der Waals surface area contributed by atoms with Crippen LogP contribution in [0.3, 0.4) is 0 Å². The summed E-state index contributed by atoms with van der Waals surface area (Å²) in [5, 5.41) is 3.48. The third kappa shape index (κ3) is 5.35. The van der Waals surface area contributed by atoms with Crippen LogP contribution in [-0.2, 0) is 22.1 Å². The number of fused-ring (bicyclic) bond motifs is 1. The van der Waals surface area contributed by atoms with Crippen LogP contribution in [0.25, 0.3) is 11.0 Å². The summed E-state index contributed by atoms with van der Waals surface area (Å²) in [4.78, 5) is 15.4. The summed E-state index contributed by atoms with van der Waals surface area (Å²) >= 11 is 0. The van der Waals surface area contributed by atoms with Gasteiger partial charge < -0.3 is 9.73 Å². The van der Waals surface area contributed by atoms with Crippen LogP contribution in [-0.4, -0.2) is 38.6 Å². The number of piperidine rings is 1. The molecule has 7 heteroatoms. The van der Waals surface area contributed by atoms with Gasteiger partial charge in [-0.1, -0.05) is 37.3 Å². The van der Waals surface area contributed by atoms with Gasteiger partial charge in [0, 0.05) is 29.4 Å². The van der Waals surface area contributed by atoms with Gasteiger partial charge in [0.2, 0.25) is 0 Å². The molecule has 0 unspecified atom stereocenters. The summed E-state index contributed by atoms with van der Waals surface area (Å²) in [6.45, 7) is 5.45. The fourth-order valence-electron chi connectivity index (χ4n) is 4.05. The van der Waals surface area contributed by atoms with Crippen molar-refractivity contribution in [2.24, 2.45) is 5.92 Å². The fraction of sp³-hybridized carbons (Fsp3) is 0.375. The molecule has 2 heterocycles. The van der Waals surface area contributed by atoms with Crippen LogP contribution < -0.4 is 5.32 Å². The Balaban J connectivity index is 1.49. The lowest BCUT2D eigenvalue weighted by Crippen LogP contribution is -2.32. The van der Waals surface area contributed by atoms with Crippen molar-refractivity contribution in [2.45, 2.75) is 32.1 Å². The first kappa shape index (κ1) is 21.6. The molecule has 0 aliphatic carbocycles. The number of hydrogen-bond acceptors (Lipinski definition) is 5. The summed E-state index contributed by atoms with van der Waals surface area (Å²) in [7, 11) is -3.34. The molecule has 164 valence electrons. The van der Waals surface area contributed by atoms with E-state index < -0.39 is 15.7 Å². The fourth-order valence-corrected chi connectivity index (χ4v) is 4.86. The van der Waals surface area contributed by atoms with Gasteiger partial charge in [0.15, 0.2) is 15.6 Å². The molecule has 1 aliphatic heterocycles. The van der Waals surface area contributed by atoms with Crippen molar-refractivity contribution in [2.75, 3.05) is 24.7 Å². The van der Waals surface area contributed by atoms with Crippen LogP contribution in [0, 0.1) is 5.92 Å². The number of para-hydroxylation sites is 1. The molecule has 1 N–H and O–H groups in total. The van der Waals surface area contributed by atoms with Gasteiger partial charge in [0.25, 0.3) is 5.91 Å². The Morgan fingerprint density at radius 3 is 2.45 bits per heavy atom. The Morgan fingerprint density at radius 1 is 1.10 bits per heavy atom. The molecule has 0 bridgehead atoms. The van der Waals surface area contributed by atoms with E-state index in [0.717, 1.165) is 31.8 Å². The lowest BCUT2D eigenvalue weighted by Gasteiger charge is -2.30. The van der Waals surface area contributed by atoms with E-state index in [1.54, 1.807) is 24.3 Å². The summed E-state index contributed by atoms with van der Waals surface area (Å²) in [6.07, 6.45) is 3.63. The van der Waals surface area contributed by atoms with Crippen LogP contribution in [0.5, 0.6) is 0 Å². The Labute approximate surface area is 183 Å². The summed E-state index contributed by atoms with van der Waals surface area (Å²) in [6, 6.07) is 14.9. The van der Waals surface area contributed by atoms with Crippen molar-refractivity contribution in [3.8, 4) is 0 Å². The first-order valence-electron chi connectivity index (χ1n) is 10.6. The zero-order valence-corrected chi connectivity index (χ0v) is 18.7. The smallest absolute Gasteiger partial charge is 0.291 e. The van der Waals surface area contributed by atoms with E-state index in [0.29, 0.717) is 22.2 Å². The molecule has 0 saturated carbocycles. The minimum absolute atomic E-state index is 0.0399. The second-order valence-corrected chi connectivity index (χ2v) is 10.7. The zero-order valence-electron chi connectivity index (χ0n) is 17.9. The quantitative estimate of drug-likeness (QED) is 0.612. The lowest BCUT2D eigenvalue weighted by atomic mass is 9.99. The van der Waals surface area contributed by atoms with E-state index >= 15 is 0 Å². The Bertz CT molecular complexity index is 1170. The van der Waals surface area contributed by atoms with E-state index in [9.17, 15) is 13.2 Å². The number of amides is 1. The number of benzene rings is 2. The molecule has 1 saturated heterocycles. The van der Waals surface area contributed by atoms with Crippen molar-refractivity contribution >= 4 is 32.4 Å². The van der Waals surface area contributed by atoms with Gasteiger partial charge in [-0.3, -0.25) is 9.69 Å². The molecule has 2 aromatic carbocycles. The third-order valence-corrected chi connectivity index (χ3v) is 6.62. The average molecular weight is 441 g/mol. The van der Waals surface area contributed by atoms with Crippen molar-refractivity contribution in [1.82, 2.24) is 4.90 Å². The van der Waals surface area contributed by atoms with E-state index in [1.165, 1.54) is 18.4 Å². The van der Waals surface area contributed by atoms with Crippen LogP contribution in [0.2, 0.25) is 0 Å². The van der Waals surface area contributed by atoms with E-state index in [-0.39, 0.29) is 11.5 Å². The molecule has 31 heavy (non-hydrogen) atoms. The highest BCUT2D eigenvalue weighted by Gasteiger charge is 2.23.